The van der Waals surface area contributed by atoms with Crippen molar-refractivity contribution in [2.45, 2.75) is 25.7 Å². The normalized spacial score (nSPS) is 14.0. The second kappa shape index (κ2) is 9.64. The van der Waals surface area contributed by atoms with E-state index in [2.05, 4.69) is 148 Å². The number of rotatable bonds is 4. The first-order valence-corrected chi connectivity index (χ1v) is 15.3. The van der Waals surface area contributed by atoms with Crippen molar-refractivity contribution < 1.29 is 0 Å². The van der Waals surface area contributed by atoms with Crippen LogP contribution in [-0.2, 0) is 12.8 Å². The lowest BCUT2D eigenvalue weighted by atomic mass is 10.0. The van der Waals surface area contributed by atoms with E-state index in [1.807, 2.05) is 0 Å². The second-order valence-corrected chi connectivity index (χ2v) is 11.7. The van der Waals surface area contributed by atoms with Crippen LogP contribution in [0.2, 0.25) is 0 Å². The van der Waals surface area contributed by atoms with Crippen molar-refractivity contribution in [3.05, 3.63) is 144 Å². The molecule has 0 atom stereocenters. The van der Waals surface area contributed by atoms with Crippen LogP contribution < -0.4 is 5.32 Å². The molecule has 0 unspecified atom stereocenters. The van der Waals surface area contributed by atoms with Crippen LogP contribution in [0.15, 0.2) is 121 Å². The van der Waals surface area contributed by atoms with E-state index in [1.165, 1.54) is 66.5 Å². The van der Waals surface area contributed by atoms with Crippen LogP contribution in [0.25, 0.3) is 56.1 Å². The van der Waals surface area contributed by atoms with Crippen molar-refractivity contribution in [1.29, 1.82) is 0 Å². The Morgan fingerprint density at radius 3 is 2.35 bits per heavy atom. The Kier molecular flexibility index (Phi) is 5.45. The number of allylic oxidation sites excluding steroid dienone is 2. The third kappa shape index (κ3) is 3.81. The van der Waals surface area contributed by atoms with E-state index in [1.54, 1.807) is 0 Å². The molecule has 0 aliphatic heterocycles. The van der Waals surface area contributed by atoms with Crippen LogP contribution in [0.3, 0.4) is 0 Å². The molecule has 43 heavy (non-hydrogen) atoms. The Hall–Kier alpha value is -5.28. The average molecular weight is 554 g/mol. The standard InChI is InChI=1S/C40H31N3/c1-2-13-30(14-3-1)43-38-20-9-6-15-32(38)34-17-10-18-36(40(34)43)41-29-22-24-39-35(26-29)33-16-7-8-19-37(33)42(39)31-23-21-27-11-4-5-12-28(27)25-31/h1-6,8,10-15,17-19,21-26,41H,7,9,16,20H2. The van der Waals surface area contributed by atoms with Crippen LogP contribution in [-0.4, -0.2) is 9.13 Å². The molecule has 9 rings (SSSR count). The van der Waals surface area contributed by atoms with Gasteiger partial charge < -0.3 is 14.5 Å². The van der Waals surface area contributed by atoms with E-state index in [0.29, 0.717) is 0 Å². The molecular weight excluding hydrogens is 522 g/mol. The van der Waals surface area contributed by atoms with Crippen molar-refractivity contribution in [3.8, 4) is 11.4 Å². The molecule has 0 amide bonds. The van der Waals surface area contributed by atoms with E-state index in [0.717, 1.165) is 37.1 Å². The molecule has 0 saturated carbocycles. The highest BCUT2D eigenvalue weighted by Gasteiger charge is 2.22. The van der Waals surface area contributed by atoms with Gasteiger partial charge in [-0.25, -0.2) is 0 Å². The van der Waals surface area contributed by atoms with Crippen LogP contribution in [0.4, 0.5) is 11.4 Å². The predicted octanol–water partition coefficient (Wildman–Crippen LogP) is 10.4. The molecule has 7 aromatic rings. The van der Waals surface area contributed by atoms with Gasteiger partial charge in [0.15, 0.2) is 0 Å². The molecule has 2 heterocycles. The van der Waals surface area contributed by atoms with Crippen molar-refractivity contribution in [3.63, 3.8) is 0 Å². The zero-order valence-electron chi connectivity index (χ0n) is 23.9. The van der Waals surface area contributed by atoms with Crippen molar-refractivity contribution in [2.75, 3.05) is 5.32 Å². The van der Waals surface area contributed by atoms with Gasteiger partial charge in [-0.1, -0.05) is 78.9 Å². The summed E-state index contributed by atoms with van der Waals surface area (Å²) in [5, 5.41) is 9.02. The van der Waals surface area contributed by atoms with Crippen molar-refractivity contribution >= 4 is 56.1 Å². The minimum absolute atomic E-state index is 1.04. The fraction of sp³-hybridized carbons (Fsp3) is 0.100. The molecule has 206 valence electrons. The summed E-state index contributed by atoms with van der Waals surface area (Å²) in [4.78, 5) is 0. The lowest BCUT2D eigenvalue weighted by molar-refractivity contribution is 0.889. The Morgan fingerprint density at radius 1 is 0.581 bits per heavy atom. The lowest BCUT2D eigenvalue weighted by Crippen LogP contribution is -2.04. The van der Waals surface area contributed by atoms with Gasteiger partial charge in [-0.05, 0) is 96.6 Å². The molecule has 2 aliphatic carbocycles. The Balaban J connectivity index is 1.21. The number of aromatic nitrogens is 2. The number of anilines is 2. The van der Waals surface area contributed by atoms with Crippen LogP contribution in [0.1, 0.15) is 35.4 Å². The fourth-order valence-corrected chi connectivity index (χ4v) is 7.29. The molecule has 0 saturated heterocycles. The number of aryl methyl sites for hydroxylation is 1. The van der Waals surface area contributed by atoms with Gasteiger partial charge in [0.25, 0.3) is 0 Å². The van der Waals surface area contributed by atoms with E-state index in [9.17, 15) is 0 Å². The summed E-state index contributed by atoms with van der Waals surface area (Å²) >= 11 is 0. The lowest BCUT2D eigenvalue weighted by Gasteiger charge is -2.15. The quantitative estimate of drug-likeness (QED) is 0.230. The highest BCUT2D eigenvalue weighted by atomic mass is 15.0. The first-order valence-electron chi connectivity index (χ1n) is 15.3. The zero-order chi connectivity index (χ0) is 28.3. The van der Waals surface area contributed by atoms with E-state index in [4.69, 9.17) is 0 Å². The SMILES string of the molecule is C1=Cc2c(c3cc(Nc4cccc5c6c(n(-c7ccccc7)c45)CCC=C6)ccc3n2-c2ccc3ccccc3c2)CC1. The molecule has 0 spiro atoms. The highest BCUT2D eigenvalue weighted by Crippen LogP contribution is 2.40. The monoisotopic (exact) mass is 553 g/mol. The van der Waals surface area contributed by atoms with Crippen LogP contribution >= 0.6 is 0 Å². The molecule has 1 N–H and O–H groups in total. The van der Waals surface area contributed by atoms with Gasteiger partial charge in [-0.2, -0.15) is 0 Å². The van der Waals surface area contributed by atoms with Crippen molar-refractivity contribution in [1.82, 2.24) is 9.13 Å². The summed E-state index contributed by atoms with van der Waals surface area (Å²) < 4.78 is 4.91. The number of benzene rings is 5. The van der Waals surface area contributed by atoms with Gasteiger partial charge >= 0.3 is 0 Å². The summed E-state index contributed by atoms with van der Waals surface area (Å²) in [5.74, 6) is 0. The van der Waals surface area contributed by atoms with E-state index in [-0.39, 0.29) is 0 Å². The Morgan fingerprint density at radius 2 is 1.42 bits per heavy atom. The molecule has 3 nitrogen and oxygen atoms in total. The smallest absolute Gasteiger partial charge is 0.0773 e. The Labute approximate surface area is 251 Å². The van der Waals surface area contributed by atoms with Gasteiger partial charge in [-0.3, -0.25) is 0 Å². The second-order valence-electron chi connectivity index (χ2n) is 11.7. The molecule has 0 bridgehead atoms. The number of nitrogens with zero attached hydrogens (tertiary/aromatic N) is 2. The summed E-state index contributed by atoms with van der Waals surface area (Å²) in [6.45, 7) is 0. The number of hydrogen-bond donors (Lipinski definition) is 1. The maximum Gasteiger partial charge on any atom is 0.0773 e. The Bertz CT molecular complexity index is 2260. The van der Waals surface area contributed by atoms with Gasteiger partial charge in [0.05, 0.1) is 16.7 Å². The first kappa shape index (κ1) is 24.3. The van der Waals surface area contributed by atoms with Crippen LogP contribution in [0.5, 0.6) is 0 Å². The van der Waals surface area contributed by atoms with Crippen molar-refractivity contribution in [2.24, 2.45) is 0 Å². The van der Waals surface area contributed by atoms with E-state index >= 15 is 0 Å². The highest BCUT2D eigenvalue weighted by molar-refractivity contribution is 6.02. The predicted molar refractivity (Wildman–Crippen MR) is 182 cm³/mol. The van der Waals surface area contributed by atoms with Crippen LogP contribution in [0, 0.1) is 0 Å². The number of nitrogens with one attached hydrogen (secondary N) is 1. The summed E-state index contributed by atoms with van der Waals surface area (Å²) in [6, 6.07) is 39.8. The summed E-state index contributed by atoms with van der Waals surface area (Å²) in [7, 11) is 0. The largest absolute Gasteiger partial charge is 0.354 e. The fourth-order valence-electron chi connectivity index (χ4n) is 7.29. The average Bonchev–Trinajstić information content (AvgIpc) is 3.58. The van der Waals surface area contributed by atoms with Gasteiger partial charge in [0.1, 0.15) is 0 Å². The summed E-state index contributed by atoms with van der Waals surface area (Å²) in [6.07, 6.45) is 13.5. The maximum absolute atomic E-state index is 3.87. The minimum Gasteiger partial charge on any atom is -0.354 e. The topological polar surface area (TPSA) is 21.9 Å². The third-order valence-corrected chi connectivity index (χ3v) is 9.20. The maximum atomic E-state index is 3.87. The summed E-state index contributed by atoms with van der Waals surface area (Å²) in [5.41, 5.74) is 12.6. The number of para-hydroxylation sites is 2. The zero-order valence-corrected chi connectivity index (χ0v) is 23.9. The molecule has 5 aromatic carbocycles. The third-order valence-electron chi connectivity index (χ3n) is 9.20. The number of fused-ring (bicyclic) bond motifs is 7. The molecule has 2 aliphatic rings. The van der Waals surface area contributed by atoms with Gasteiger partial charge in [-0.15, -0.1) is 0 Å². The molecule has 0 fully saturated rings. The van der Waals surface area contributed by atoms with Gasteiger partial charge in [0, 0.05) is 44.8 Å². The number of hydrogen-bond acceptors (Lipinski definition) is 1. The van der Waals surface area contributed by atoms with Gasteiger partial charge in [0.2, 0.25) is 0 Å². The van der Waals surface area contributed by atoms with E-state index < -0.39 is 0 Å². The molecule has 3 heteroatoms. The molecular formula is C40H31N3. The molecule has 0 radical (unpaired) electrons. The molecule has 2 aromatic heterocycles. The first-order chi connectivity index (χ1) is 21.3. The minimum atomic E-state index is 1.04.